The zero-order chi connectivity index (χ0) is 3.58. The molecule has 0 aromatic heterocycles. The van der Waals surface area contributed by atoms with Gasteiger partial charge in [0.2, 0.25) is 0 Å². The number of hydrogen-bond acceptors (Lipinski definition) is 1. The van der Waals surface area contributed by atoms with Gasteiger partial charge in [-0.05, 0) is 0 Å². The summed E-state index contributed by atoms with van der Waals surface area (Å²) in [6.45, 7) is 0. The molecule has 0 bridgehead atoms. The van der Waals surface area contributed by atoms with Crippen LogP contribution in [0.25, 0.3) is 0 Å². The molecule has 0 amide bonds. The third-order valence-corrected chi connectivity index (χ3v) is 0. The minimum atomic E-state index is 0.104. The molecule has 24 valence electrons. The van der Waals surface area contributed by atoms with Gasteiger partial charge in [-0.25, -0.2) is 0 Å². The van der Waals surface area contributed by atoms with Gasteiger partial charge in [0, 0.05) is 0 Å². The van der Waals surface area contributed by atoms with Gasteiger partial charge in [-0.3, -0.25) is 0 Å². The van der Waals surface area contributed by atoms with E-state index in [1.165, 1.54) is 0 Å². The molecule has 0 aliphatic rings. The maximum absolute atomic E-state index is 6.25. The van der Waals surface area contributed by atoms with E-state index in [9.17, 15) is 0 Å². The molecule has 0 saturated heterocycles. The first-order valence-electron chi connectivity index (χ1n) is 0.762. The van der Waals surface area contributed by atoms with Crippen LogP contribution in [0.1, 0.15) is 0 Å². The van der Waals surface area contributed by atoms with Gasteiger partial charge in [0.05, 0.1) is 0 Å². The summed E-state index contributed by atoms with van der Waals surface area (Å²) in [5.74, 6) is 0. The molecule has 0 heterocycles. The van der Waals surface area contributed by atoms with Crippen LogP contribution in [0.15, 0.2) is 0 Å². The van der Waals surface area contributed by atoms with E-state index in [0.717, 1.165) is 0 Å². The third kappa shape index (κ3) is 17600. The van der Waals surface area contributed by atoms with Crippen molar-refractivity contribution < 1.29 is 0 Å². The number of hydrogen-bond donors (Lipinski definition) is 2. The van der Waals surface area contributed by atoms with Crippen LogP contribution in [0.2, 0.25) is 0 Å². The van der Waals surface area contributed by atoms with E-state index in [4.69, 9.17) is 5.41 Å². The van der Waals surface area contributed by atoms with Crippen LogP contribution < -0.4 is 5.73 Å². The van der Waals surface area contributed by atoms with E-state index < -0.39 is 0 Å². The van der Waals surface area contributed by atoms with Gasteiger partial charge in [-0.1, -0.05) is 0 Å². The number of rotatable bonds is 0. The summed E-state index contributed by atoms with van der Waals surface area (Å²) in [5, 5.41) is 6.25. The Kier molecular flexibility index (Phi) is 1.32. The molecule has 0 aliphatic carbocycles. The number of amidine groups is 1. The van der Waals surface area contributed by atoms with Crippen molar-refractivity contribution in [1.29, 1.82) is 5.41 Å². The second-order valence-electron chi connectivity index (χ2n) is 0.385. The summed E-state index contributed by atoms with van der Waals surface area (Å²) >= 11 is 1.90. The summed E-state index contributed by atoms with van der Waals surface area (Å²) in [4.78, 5) is 0. The Hall–Kier alpha value is -0.0105. The number of nitrogens with one attached hydrogen (secondary N) is 1. The zero-order valence-electron chi connectivity index (χ0n) is 2.02. The molecule has 0 fully saturated rings. The standard InChI is InChI=1S/CH4N2Se/c2-1(3)4/h(H4,2,3,4). The third-order valence-electron chi connectivity index (χ3n) is 0. The second-order valence-corrected chi connectivity index (χ2v) is 1.40. The summed E-state index contributed by atoms with van der Waals surface area (Å²) < 4.78 is 0.104. The summed E-state index contributed by atoms with van der Waals surface area (Å²) in [6, 6.07) is 0. The van der Waals surface area contributed by atoms with Crippen molar-refractivity contribution in [2.24, 2.45) is 5.73 Å². The summed E-state index contributed by atoms with van der Waals surface area (Å²) in [7, 11) is 0. The monoisotopic (exact) mass is 124 g/mol. The van der Waals surface area contributed by atoms with Gasteiger partial charge in [-0.15, -0.1) is 0 Å². The number of nitrogens with two attached hydrogens (primary N) is 1. The average Bonchev–Trinajstić information content (AvgIpc) is 0.811. The first-order valence-corrected chi connectivity index (χ1v) is 1.70. The van der Waals surface area contributed by atoms with Gasteiger partial charge in [0.25, 0.3) is 0 Å². The normalized spacial score (nSPS) is 6.25. The Morgan fingerprint density at radius 1 is 2.00 bits per heavy atom. The van der Waals surface area contributed by atoms with E-state index in [1.54, 1.807) is 0 Å². The van der Waals surface area contributed by atoms with Crippen molar-refractivity contribution in [3.63, 3.8) is 0 Å². The van der Waals surface area contributed by atoms with Gasteiger partial charge in [0.1, 0.15) is 0 Å². The van der Waals surface area contributed by atoms with Crippen LogP contribution in [0, 0.1) is 5.41 Å². The molecular weight excluding hydrogens is 119 g/mol. The maximum atomic E-state index is 6.25. The molecule has 0 radical (unpaired) electrons. The quantitative estimate of drug-likeness (QED) is 0.237. The van der Waals surface area contributed by atoms with E-state index in [0.29, 0.717) is 0 Å². The molecule has 2 nitrogen and oxygen atoms in total. The molecule has 4 heavy (non-hydrogen) atoms. The van der Waals surface area contributed by atoms with E-state index in [-0.39, 0.29) is 4.73 Å². The van der Waals surface area contributed by atoms with Gasteiger partial charge >= 0.3 is 31.9 Å². The molecule has 0 atom stereocenters. The van der Waals surface area contributed by atoms with Crippen molar-refractivity contribution in [3.8, 4) is 0 Å². The minimum absolute atomic E-state index is 0.104. The molecule has 3 heteroatoms. The second kappa shape index (κ2) is 1.32. The Morgan fingerprint density at radius 3 is 2.00 bits per heavy atom. The molecule has 0 rings (SSSR count). The van der Waals surface area contributed by atoms with Crippen LogP contribution in [-0.2, 0) is 0 Å². The van der Waals surface area contributed by atoms with Crippen molar-refractivity contribution in [2.75, 3.05) is 0 Å². The fourth-order valence-electron chi connectivity index (χ4n) is 0. The molecule has 0 saturated carbocycles. The van der Waals surface area contributed by atoms with Gasteiger partial charge in [0.15, 0.2) is 0 Å². The zero-order valence-corrected chi connectivity index (χ0v) is 3.90. The fourth-order valence-corrected chi connectivity index (χ4v) is 0. The Balaban J connectivity index is 2.80. The SMILES string of the molecule is N=C(N)[SeH]. The fraction of sp³-hybridized carbons (Fsp3) is 0. The van der Waals surface area contributed by atoms with Crippen LogP contribution >= 0.6 is 0 Å². The summed E-state index contributed by atoms with van der Waals surface area (Å²) in [6.07, 6.45) is 0. The first-order chi connectivity index (χ1) is 1.73. The van der Waals surface area contributed by atoms with Crippen molar-refractivity contribution in [1.82, 2.24) is 0 Å². The van der Waals surface area contributed by atoms with Crippen molar-refractivity contribution in [2.45, 2.75) is 0 Å². The van der Waals surface area contributed by atoms with Crippen LogP contribution in [-0.4, -0.2) is 20.7 Å². The van der Waals surface area contributed by atoms with Crippen LogP contribution in [0.3, 0.4) is 0 Å². The van der Waals surface area contributed by atoms with E-state index in [1.807, 2.05) is 16.0 Å². The predicted molar refractivity (Wildman–Crippen MR) is 19.1 cm³/mol. The molecule has 0 spiro atoms. The molecule has 0 aromatic rings. The molecule has 0 aromatic carbocycles. The van der Waals surface area contributed by atoms with E-state index >= 15 is 0 Å². The van der Waals surface area contributed by atoms with Gasteiger partial charge < -0.3 is 0 Å². The topological polar surface area (TPSA) is 49.9 Å². The Morgan fingerprint density at radius 2 is 2.00 bits per heavy atom. The molecule has 0 unspecified atom stereocenters. The molecule has 0 aliphatic heterocycles. The molecule has 3 N–H and O–H groups in total. The van der Waals surface area contributed by atoms with Gasteiger partial charge in [-0.2, -0.15) is 0 Å². The Bertz CT molecular complexity index is 29.0. The average molecular weight is 123 g/mol. The Labute approximate surface area is 32.7 Å². The van der Waals surface area contributed by atoms with Crippen LogP contribution in [0.5, 0.6) is 0 Å². The summed E-state index contributed by atoms with van der Waals surface area (Å²) in [5.41, 5.74) is 4.67. The van der Waals surface area contributed by atoms with Crippen molar-refractivity contribution in [3.05, 3.63) is 0 Å². The van der Waals surface area contributed by atoms with E-state index in [2.05, 4.69) is 5.73 Å². The predicted octanol–water partition coefficient (Wildman–Crippen LogP) is -1.22. The van der Waals surface area contributed by atoms with Crippen molar-refractivity contribution >= 4 is 20.7 Å². The first kappa shape index (κ1) is 3.99. The molecular formula is CH4N2Se. The van der Waals surface area contributed by atoms with Crippen LogP contribution in [0.4, 0.5) is 0 Å².